The number of pyridine rings is 1. The van der Waals surface area contributed by atoms with Crippen LogP contribution in [0.3, 0.4) is 0 Å². The van der Waals surface area contributed by atoms with E-state index in [1.165, 1.54) is 13.2 Å². The van der Waals surface area contributed by atoms with E-state index >= 15 is 0 Å². The third-order valence-corrected chi connectivity index (χ3v) is 8.49. The van der Waals surface area contributed by atoms with Crippen molar-refractivity contribution in [3.05, 3.63) is 82.1 Å². The van der Waals surface area contributed by atoms with E-state index in [1.807, 2.05) is 31.2 Å². The predicted octanol–water partition coefficient (Wildman–Crippen LogP) is 3.57. The number of methoxy groups -OCH3 is 1. The Balaban J connectivity index is 1.24. The van der Waals surface area contributed by atoms with Crippen molar-refractivity contribution in [2.45, 2.75) is 57.9 Å². The Kier molecular flexibility index (Phi) is 8.29. The van der Waals surface area contributed by atoms with Gasteiger partial charge in [-0.25, -0.2) is 14.6 Å². The van der Waals surface area contributed by atoms with Crippen molar-refractivity contribution in [1.29, 1.82) is 0 Å². The molecule has 2 saturated heterocycles. The molecule has 0 bridgehead atoms. The number of nitrogens with zero attached hydrogens (tertiary/aromatic N) is 3. The summed E-state index contributed by atoms with van der Waals surface area (Å²) in [5, 5.41) is 12.2. The monoisotopic (exact) mass is 618 g/mol. The Morgan fingerprint density at radius 3 is 2.49 bits per heavy atom. The normalized spacial score (nSPS) is 23.2. The minimum absolute atomic E-state index is 0.255. The van der Waals surface area contributed by atoms with E-state index in [0.717, 1.165) is 35.7 Å². The average Bonchev–Trinajstić information content (AvgIpc) is 3.47. The average molecular weight is 619 g/mol. The van der Waals surface area contributed by atoms with Crippen molar-refractivity contribution >= 4 is 28.4 Å². The van der Waals surface area contributed by atoms with Crippen LogP contribution in [0.1, 0.15) is 35.6 Å². The highest BCUT2D eigenvalue weighted by atomic mass is 16.7. The molecule has 2 aliphatic heterocycles. The molecule has 1 aromatic carbocycles. The fourth-order valence-corrected chi connectivity index (χ4v) is 6.18. The number of benzene rings is 1. The lowest BCUT2D eigenvalue weighted by Gasteiger charge is -2.47. The van der Waals surface area contributed by atoms with Gasteiger partial charge in [-0.3, -0.25) is 0 Å². The fraction of sp³-hybridized carbons (Fsp3) is 0.424. The Hall–Kier alpha value is -4.39. The summed E-state index contributed by atoms with van der Waals surface area (Å²) in [7, 11) is 1.47. The summed E-state index contributed by atoms with van der Waals surface area (Å²) >= 11 is 0. The number of aromatic amines is 1. The number of anilines is 2. The van der Waals surface area contributed by atoms with Gasteiger partial charge < -0.3 is 43.3 Å². The van der Waals surface area contributed by atoms with Gasteiger partial charge in [0.2, 0.25) is 6.29 Å². The minimum atomic E-state index is -1.40. The molecule has 0 amide bonds. The number of aryl methyl sites for hydroxylation is 2. The first-order chi connectivity index (χ1) is 21.6. The Morgan fingerprint density at radius 2 is 1.82 bits per heavy atom. The fourth-order valence-electron chi connectivity index (χ4n) is 6.18. The van der Waals surface area contributed by atoms with Gasteiger partial charge in [-0.05, 0) is 64.1 Å². The number of aromatic nitrogens is 2. The first-order valence-electron chi connectivity index (χ1n) is 15.0. The summed E-state index contributed by atoms with van der Waals surface area (Å²) in [5.41, 5.74) is 1.30. The lowest BCUT2D eigenvalue weighted by molar-refractivity contribution is -0.305. The molecule has 45 heavy (non-hydrogen) atoms. The van der Waals surface area contributed by atoms with Crippen LogP contribution in [0.25, 0.3) is 11.0 Å². The van der Waals surface area contributed by atoms with E-state index in [-0.39, 0.29) is 5.69 Å². The van der Waals surface area contributed by atoms with Gasteiger partial charge in [0.25, 0.3) is 0 Å². The second kappa shape index (κ2) is 12.2. The number of rotatable bonds is 7. The number of hydrogen-bond acceptors (Lipinski definition) is 11. The van der Waals surface area contributed by atoms with Crippen LogP contribution >= 0.6 is 0 Å². The molecule has 0 saturated carbocycles. The van der Waals surface area contributed by atoms with Crippen LogP contribution in [0.15, 0.2) is 63.9 Å². The maximum Gasteiger partial charge on any atom is 0.355 e. The van der Waals surface area contributed by atoms with Crippen molar-refractivity contribution in [3.8, 4) is 5.75 Å². The van der Waals surface area contributed by atoms with E-state index in [2.05, 4.69) is 19.8 Å². The zero-order valence-electron chi connectivity index (χ0n) is 26.0. The Bertz CT molecular complexity index is 1730. The molecule has 238 valence electrons. The van der Waals surface area contributed by atoms with Crippen molar-refractivity contribution in [3.63, 3.8) is 0 Å². The highest BCUT2D eigenvalue weighted by Gasteiger charge is 2.53. The van der Waals surface area contributed by atoms with Gasteiger partial charge >= 0.3 is 11.6 Å². The number of ether oxygens (including phenoxy) is 4. The van der Waals surface area contributed by atoms with Crippen LogP contribution in [-0.2, 0) is 14.2 Å². The zero-order chi connectivity index (χ0) is 31.9. The molecule has 5 heterocycles. The third kappa shape index (κ3) is 6.00. The first kappa shape index (κ1) is 30.6. The van der Waals surface area contributed by atoms with Gasteiger partial charge in [0.15, 0.2) is 12.2 Å². The number of carbonyl (C=O) groups is 1. The highest BCUT2D eigenvalue weighted by molar-refractivity contribution is 5.93. The molecular formula is C33H38N4O8. The maximum atomic E-state index is 12.9. The summed E-state index contributed by atoms with van der Waals surface area (Å²) in [6.45, 7) is 10.1. The minimum Gasteiger partial charge on any atom is -0.462 e. The largest absolute Gasteiger partial charge is 0.462 e. The quantitative estimate of drug-likeness (QED) is 0.232. The highest BCUT2D eigenvalue weighted by Crippen LogP contribution is 2.38. The van der Waals surface area contributed by atoms with Crippen LogP contribution in [0, 0.1) is 13.8 Å². The number of fused-ring (bicyclic) bond motifs is 1. The number of aliphatic hydroxyl groups is 1. The van der Waals surface area contributed by atoms with Gasteiger partial charge in [0.05, 0.1) is 11.3 Å². The molecule has 0 radical (unpaired) electrons. The summed E-state index contributed by atoms with van der Waals surface area (Å²) in [6, 6.07) is 14.4. The molecule has 4 atom stereocenters. The molecule has 4 aromatic rings. The molecule has 3 aromatic heterocycles. The van der Waals surface area contributed by atoms with Crippen LogP contribution in [0.4, 0.5) is 11.5 Å². The van der Waals surface area contributed by atoms with Gasteiger partial charge in [0.1, 0.15) is 28.9 Å². The molecule has 12 heteroatoms. The van der Waals surface area contributed by atoms with Gasteiger partial charge in [-0.1, -0.05) is 6.07 Å². The second-order valence-corrected chi connectivity index (χ2v) is 12.0. The van der Waals surface area contributed by atoms with Crippen molar-refractivity contribution in [2.75, 3.05) is 43.1 Å². The third-order valence-electron chi connectivity index (χ3n) is 8.49. The summed E-state index contributed by atoms with van der Waals surface area (Å²) in [5.74, 6) is 0.641. The van der Waals surface area contributed by atoms with E-state index < -0.39 is 41.8 Å². The van der Waals surface area contributed by atoms with Gasteiger partial charge in [0, 0.05) is 62.2 Å². The number of aliphatic hydroxyl groups excluding tert-OH is 1. The molecule has 2 aliphatic rings. The molecule has 12 nitrogen and oxygen atoms in total. The smallest absolute Gasteiger partial charge is 0.355 e. The number of H-pyrrole nitrogens is 1. The maximum absolute atomic E-state index is 12.9. The predicted molar refractivity (Wildman–Crippen MR) is 167 cm³/mol. The number of nitrogens with one attached hydrogen (secondary N) is 1. The van der Waals surface area contributed by atoms with Crippen molar-refractivity contribution < 1.29 is 33.3 Å². The second-order valence-electron chi connectivity index (χ2n) is 12.0. The van der Waals surface area contributed by atoms with Gasteiger partial charge in [-0.2, -0.15) is 0 Å². The summed E-state index contributed by atoms with van der Waals surface area (Å²) in [6.07, 6.45) is -2.73. The number of hydrogen-bond donors (Lipinski definition) is 2. The van der Waals surface area contributed by atoms with Crippen molar-refractivity contribution in [1.82, 2.24) is 9.97 Å². The molecule has 0 aliphatic carbocycles. The van der Waals surface area contributed by atoms with Crippen LogP contribution in [0.5, 0.6) is 5.75 Å². The Morgan fingerprint density at radius 1 is 1.07 bits per heavy atom. The zero-order valence-corrected chi connectivity index (χ0v) is 26.0. The number of esters is 1. The van der Waals surface area contributed by atoms with Crippen molar-refractivity contribution in [2.24, 2.45) is 0 Å². The SMILES string of the molecule is CO[C@@H]1[C@@H](OC(=O)c2ccc(C)[nH]2)[C@@H](O)[C@H](Oc2ccc3c(N4CCN(c5ccccn5)CC4)cc(=O)oc3c2C)OC1(C)C. The Labute approximate surface area is 260 Å². The summed E-state index contributed by atoms with van der Waals surface area (Å²) < 4.78 is 29.5. The lowest BCUT2D eigenvalue weighted by atomic mass is 9.89. The number of carbonyl (C=O) groups excluding carboxylic acids is 1. The molecule has 0 unspecified atom stereocenters. The van der Waals surface area contributed by atoms with E-state index in [1.54, 1.807) is 45.2 Å². The van der Waals surface area contributed by atoms with E-state index in [0.29, 0.717) is 30.0 Å². The van der Waals surface area contributed by atoms with Gasteiger partial charge in [-0.15, -0.1) is 0 Å². The molecule has 2 fully saturated rings. The standard InChI is InChI=1S/C33H38N4O8/c1-19-9-11-22(35-19)31(40)44-29-27(39)32(45-33(3,4)30(29)41-5)42-24-12-10-21-23(18-26(38)43-28(21)20(24)2)36-14-16-37(17-15-36)25-8-6-7-13-34-25/h6-13,18,27,29-30,32,35,39H,14-17H2,1-5H3/t27-,29+,30-,32-/m1/s1. The van der Waals surface area contributed by atoms with Crippen LogP contribution < -0.4 is 20.2 Å². The van der Waals surface area contributed by atoms with E-state index in [4.69, 9.17) is 23.4 Å². The molecular weight excluding hydrogens is 580 g/mol. The topological polar surface area (TPSA) is 140 Å². The lowest BCUT2D eigenvalue weighted by Crippen LogP contribution is -2.65. The first-order valence-corrected chi connectivity index (χ1v) is 15.0. The molecule has 0 spiro atoms. The van der Waals surface area contributed by atoms with Crippen LogP contribution in [0.2, 0.25) is 0 Å². The molecule has 6 rings (SSSR count). The van der Waals surface area contributed by atoms with Crippen LogP contribution in [-0.4, -0.2) is 84.5 Å². The molecule has 2 N–H and O–H groups in total. The van der Waals surface area contributed by atoms with E-state index in [9.17, 15) is 14.7 Å². The summed E-state index contributed by atoms with van der Waals surface area (Å²) in [4.78, 5) is 37.5. The number of piperazine rings is 1.